The van der Waals surface area contributed by atoms with Crippen LogP contribution in [-0.4, -0.2) is 9.78 Å². The molecule has 0 spiro atoms. The second-order valence-corrected chi connectivity index (χ2v) is 6.01. The molecule has 1 aromatic carbocycles. The van der Waals surface area contributed by atoms with E-state index in [1.807, 2.05) is 55.2 Å². The summed E-state index contributed by atoms with van der Waals surface area (Å²) in [4.78, 5) is 0. The Kier molecular flexibility index (Phi) is 6.12. The van der Waals surface area contributed by atoms with Crippen LogP contribution in [0.25, 0.3) is 0 Å². The number of anilines is 1. The largest absolute Gasteiger partial charge is 1.00 e. The van der Waals surface area contributed by atoms with Gasteiger partial charge in [-0.05, 0) is 36.2 Å². The van der Waals surface area contributed by atoms with Crippen molar-refractivity contribution in [3.05, 3.63) is 65.1 Å². The van der Waals surface area contributed by atoms with Gasteiger partial charge >= 0.3 is 0 Å². The van der Waals surface area contributed by atoms with E-state index in [9.17, 15) is 0 Å². The lowest BCUT2D eigenvalue weighted by Gasteiger charge is -2.03. The van der Waals surface area contributed by atoms with E-state index in [2.05, 4.69) is 15.3 Å². The van der Waals surface area contributed by atoms with Gasteiger partial charge in [-0.15, -0.1) is 5.11 Å². The minimum absolute atomic E-state index is 0. The van der Waals surface area contributed by atoms with Crippen LogP contribution in [0.4, 0.5) is 17.2 Å². The number of rotatable bonds is 4. The lowest BCUT2D eigenvalue weighted by molar-refractivity contribution is -0.671. The fourth-order valence-corrected chi connectivity index (χ4v) is 2.46. The van der Waals surface area contributed by atoms with E-state index >= 15 is 0 Å². The molecule has 0 saturated carbocycles. The van der Waals surface area contributed by atoms with E-state index < -0.39 is 0 Å². The van der Waals surface area contributed by atoms with Gasteiger partial charge in [0.15, 0.2) is 12.4 Å². The van der Waals surface area contributed by atoms with Crippen LogP contribution in [0.1, 0.15) is 11.1 Å². The summed E-state index contributed by atoms with van der Waals surface area (Å²) in [5, 5.41) is 13.4. The van der Waals surface area contributed by atoms with Gasteiger partial charge in [0.2, 0.25) is 0 Å². The van der Waals surface area contributed by atoms with Crippen molar-refractivity contribution in [2.24, 2.45) is 17.3 Å². The SMILES string of the molecule is Cc1cc(Cl)ccc1N=Nc1cnn(Cc2cc[n+](C)cc2)c1N.[Cl-]. The van der Waals surface area contributed by atoms with Crippen molar-refractivity contribution in [3.8, 4) is 0 Å². The number of nitrogens with two attached hydrogens (primary N) is 1. The zero-order valence-corrected chi connectivity index (χ0v) is 15.4. The average Bonchev–Trinajstić information content (AvgIpc) is 2.89. The first-order valence-electron chi connectivity index (χ1n) is 7.46. The molecule has 0 amide bonds. The van der Waals surface area contributed by atoms with Crippen molar-refractivity contribution in [1.82, 2.24) is 9.78 Å². The Morgan fingerprint density at radius 2 is 1.84 bits per heavy atom. The van der Waals surface area contributed by atoms with E-state index in [-0.39, 0.29) is 12.4 Å². The summed E-state index contributed by atoms with van der Waals surface area (Å²) < 4.78 is 3.68. The van der Waals surface area contributed by atoms with Crippen molar-refractivity contribution in [3.63, 3.8) is 0 Å². The van der Waals surface area contributed by atoms with Crippen LogP contribution in [-0.2, 0) is 13.6 Å². The Morgan fingerprint density at radius 1 is 1.16 bits per heavy atom. The van der Waals surface area contributed by atoms with Crippen LogP contribution in [0, 0.1) is 6.92 Å². The molecule has 0 atom stereocenters. The molecule has 2 heterocycles. The van der Waals surface area contributed by atoms with E-state index in [1.165, 1.54) is 0 Å². The predicted octanol–water partition coefficient (Wildman–Crippen LogP) is 0.719. The highest BCUT2D eigenvalue weighted by molar-refractivity contribution is 6.30. The highest BCUT2D eigenvalue weighted by atomic mass is 35.5. The quantitative estimate of drug-likeness (QED) is 0.538. The molecule has 2 N–H and O–H groups in total. The first-order chi connectivity index (χ1) is 11.5. The van der Waals surface area contributed by atoms with Crippen molar-refractivity contribution in [2.45, 2.75) is 13.5 Å². The second kappa shape index (κ2) is 8.09. The van der Waals surface area contributed by atoms with Crippen molar-refractivity contribution in [1.29, 1.82) is 0 Å². The molecular weight excluding hydrogens is 359 g/mol. The standard InChI is InChI=1S/C17H18ClN6.ClH/c1-12-9-14(18)3-4-15(12)21-22-16-10-20-24(17(16)19)11-13-5-7-23(2)8-6-13;/h3-10H,11,19H2,1-2H3;1H/q+1;/p-1. The van der Waals surface area contributed by atoms with Gasteiger partial charge in [-0.1, -0.05) is 11.6 Å². The average molecular weight is 377 g/mol. The van der Waals surface area contributed by atoms with E-state index in [0.29, 0.717) is 23.1 Å². The molecule has 130 valence electrons. The van der Waals surface area contributed by atoms with Gasteiger partial charge in [-0.3, -0.25) is 0 Å². The third kappa shape index (κ3) is 4.55. The molecule has 0 aliphatic heterocycles. The van der Waals surface area contributed by atoms with Gasteiger partial charge in [0.1, 0.15) is 18.6 Å². The molecule has 25 heavy (non-hydrogen) atoms. The maximum absolute atomic E-state index is 6.13. The molecule has 8 heteroatoms. The number of nitrogen functional groups attached to an aromatic ring is 1. The van der Waals surface area contributed by atoms with Gasteiger partial charge < -0.3 is 18.1 Å². The number of pyridine rings is 1. The van der Waals surface area contributed by atoms with Crippen molar-refractivity contribution < 1.29 is 17.0 Å². The van der Waals surface area contributed by atoms with E-state index in [4.69, 9.17) is 17.3 Å². The van der Waals surface area contributed by atoms with Crippen molar-refractivity contribution in [2.75, 3.05) is 5.73 Å². The topological polar surface area (TPSA) is 72.4 Å². The van der Waals surface area contributed by atoms with Crippen LogP contribution in [0.15, 0.2) is 59.2 Å². The number of halogens is 2. The summed E-state index contributed by atoms with van der Waals surface area (Å²) >= 11 is 5.94. The zero-order chi connectivity index (χ0) is 17.1. The molecule has 0 aliphatic rings. The third-order valence-electron chi connectivity index (χ3n) is 3.66. The molecule has 3 rings (SSSR count). The smallest absolute Gasteiger partial charge is 0.168 e. The van der Waals surface area contributed by atoms with Crippen LogP contribution in [0.2, 0.25) is 5.02 Å². The van der Waals surface area contributed by atoms with Gasteiger partial charge in [-0.2, -0.15) is 10.2 Å². The second-order valence-electron chi connectivity index (χ2n) is 5.58. The van der Waals surface area contributed by atoms with Crippen molar-refractivity contribution >= 4 is 28.8 Å². The molecule has 0 fully saturated rings. The summed E-state index contributed by atoms with van der Waals surface area (Å²) in [6.07, 6.45) is 5.59. The Balaban J connectivity index is 0.00000225. The minimum atomic E-state index is 0. The van der Waals surface area contributed by atoms with E-state index in [0.717, 1.165) is 16.8 Å². The Bertz CT molecular complexity index is 887. The number of azo groups is 1. The molecule has 0 radical (unpaired) electrons. The molecule has 3 aromatic rings. The van der Waals surface area contributed by atoms with E-state index in [1.54, 1.807) is 16.9 Å². The fraction of sp³-hybridized carbons (Fsp3) is 0.176. The fourth-order valence-electron chi connectivity index (χ4n) is 2.24. The van der Waals surface area contributed by atoms with Gasteiger partial charge in [0.25, 0.3) is 0 Å². The molecule has 0 aliphatic carbocycles. The van der Waals surface area contributed by atoms with Crippen LogP contribution < -0.4 is 22.7 Å². The number of hydrogen-bond donors (Lipinski definition) is 1. The highest BCUT2D eigenvalue weighted by Crippen LogP contribution is 2.27. The number of aromatic nitrogens is 3. The molecule has 0 bridgehead atoms. The molecule has 0 saturated heterocycles. The van der Waals surface area contributed by atoms with Crippen LogP contribution >= 0.6 is 11.6 Å². The first kappa shape index (κ1) is 18.9. The van der Waals surface area contributed by atoms with Crippen LogP contribution in [0.3, 0.4) is 0 Å². The summed E-state index contributed by atoms with van der Waals surface area (Å²) in [5.74, 6) is 0.485. The minimum Gasteiger partial charge on any atom is -1.00 e. The predicted molar refractivity (Wildman–Crippen MR) is 93.7 cm³/mol. The Labute approximate surface area is 157 Å². The van der Waals surface area contributed by atoms with Gasteiger partial charge in [0.05, 0.1) is 18.4 Å². The normalized spacial score (nSPS) is 10.8. The summed E-state index contributed by atoms with van der Waals surface area (Å²) in [6, 6.07) is 9.51. The molecule has 0 unspecified atom stereocenters. The lowest BCUT2D eigenvalue weighted by atomic mass is 10.2. The lowest BCUT2D eigenvalue weighted by Crippen LogP contribution is -3.00. The summed E-state index contributed by atoms with van der Waals surface area (Å²) in [5.41, 5.74) is 9.49. The zero-order valence-electron chi connectivity index (χ0n) is 13.9. The summed E-state index contributed by atoms with van der Waals surface area (Å²) in [7, 11) is 1.98. The molecule has 6 nitrogen and oxygen atoms in total. The number of aryl methyl sites for hydroxylation is 2. The van der Waals surface area contributed by atoms with Crippen LogP contribution in [0.5, 0.6) is 0 Å². The maximum Gasteiger partial charge on any atom is 0.168 e. The molecular formula is C17H18Cl2N6. The first-order valence-corrected chi connectivity index (χ1v) is 7.84. The Morgan fingerprint density at radius 3 is 2.52 bits per heavy atom. The number of hydrogen-bond acceptors (Lipinski definition) is 4. The van der Waals surface area contributed by atoms with Gasteiger partial charge in [-0.25, -0.2) is 9.25 Å². The molecule has 2 aromatic heterocycles. The van der Waals surface area contributed by atoms with Gasteiger partial charge in [0, 0.05) is 17.2 Å². The number of benzene rings is 1. The number of nitrogens with zero attached hydrogens (tertiary/aromatic N) is 5. The highest BCUT2D eigenvalue weighted by Gasteiger charge is 2.08. The Hall–Kier alpha value is -2.44. The summed E-state index contributed by atoms with van der Waals surface area (Å²) in [6.45, 7) is 2.52. The monoisotopic (exact) mass is 376 g/mol. The maximum atomic E-state index is 6.13. The third-order valence-corrected chi connectivity index (χ3v) is 3.90.